The number of hydrogen-bond acceptors (Lipinski definition) is 3. The van der Waals surface area contributed by atoms with Crippen LogP contribution >= 0.6 is 11.8 Å². The molecule has 1 spiro atoms. The lowest BCUT2D eigenvalue weighted by Gasteiger charge is -2.32. The van der Waals surface area contributed by atoms with Gasteiger partial charge < -0.3 is 9.84 Å². The largest absolute Gasteiger partial charge is 0.394 e. The molecule has 2 aliphatic rings. The first-order valence-electron chi connectivity index (χ1n) is 4.77. The fourth-order valence-corrected chi connectivity index (χ4v) is 3.50. The molecule has 0 amide bonds. The third-order valence-electron chi connectivity index (χ3n) is 2.73. The number of rotatable bonds is 1. The quantitative estimate of drug-likeness (QED) is 0.680. The predicted octanol–water partition coefficient (Wildman–Crippen LogP) is 1.77. The lowest BCUT2D eigenvalue weighted by atomic mass is 9.97. The second-order valence-corrected chi connectivity index (χ2v) is 5.07. The molecule has 2 nitrogen and oxygen atoms in total. The molecule has 1 heterocycles. The zero-order valence-electron chi connectivity index (χ0n) is 7.29. The fourth-order valence-electron chi connectivity index (χ4n) is 2.06. The highest BCUT2D eigenvalue weighted by molar-refractivity contribution is 8.00. The topological polar surface area (TPSA) is 29.5 Å². The van der Waals surface area contributed by atoms with Gasteiger partial charge >= 0.3 is 0 Å². The van der Waals surface area contributed by atoms with Crippen molar-refractivity contribution in [2.75, 3.05) is 12.4 Å². The maximum Gasteiger partial charge on any atom is 0.114 e. The minimum Gasteiger partial charge on any atom is -0.394 e. The van der Waals surface area contributed by atoms with Gasteiger partial charge in [-0.1, -0.05) is 6.42 Å². The Labute approximate surface area is 77.7 Å². The number of ether oxygens (including phenoxy) is 1. The Bertz CT molecular complexity index is 155. The van der Waals surface area contributed by atoms with Gasteiger partial charge in [0, 0.05) is 5.75 Å². The van der Waals surface area contributed by atoms with Crippen LogP contribution in [0.1, 0.15) is 32.1 Å². The SMILES string of the molecule is OCC1CSC2(CCCCC2)O1. The van der Waals surface area contributed by atoms with Gasteiger partial charge in [0.1, 0.15) is 4.93 Å². The Morgan fingerprint density at radius 1 is 1.33 bits per heavy atom. The van der Waals surface area contributed by atoms with Crippen LogP contribution in [0, 0.1) is 0 Å². The molecule has 0 radical (unpaired) electrons. The molecule has 2 fully saturated rings. The van der Waals surface area contributed by atoms with Crippen molar-refractivity contribution in [3.63, 3.8) is 0 Å². The first-order valence-corrected chi connectivity index (χ1v) is 5.76. The Kier molecular flexibility index (Phi) is 2.63. The van der Waals surface area contributed by atoms with E-state index in [9.17, 15) is 0 Å². The average Bonchev–Trinajstić information content (AvgIpc) is 2.50. The summed E-state index contributed by atoms with van der Waals surface area (Å²) in [5.74, 6) is 0.983. The highest BCUT2D eigenvalue weighted by Gasteiger charge is 2.41. The lowest BCUT2D eigenvalue weighted by Crippen LogP contribution is -2.30. The van der Waals surface area contributed by atoms with E-state index in [1.165, 1.54) is 32.1 Å². The van der Waals surface area contributed by atoms with Gasteiger partial charge in [-0.2, -0.15) is 0 Å². The maximum absolute atomic E-state index is 8.94. The summed E-state index contributed by atoms with van der Waals surface area (Å²) in [5.41, 5.74) is 0. The summed E-state index contributed by atoms with van der Waals surface area (Å²) >= 11 is 1.92. The van der Waals surface area contributed by atoms with E-state index in [0.29, 0.717) is 0 Å². The third-order valence-corrected chi connectivity index (χ3v) is 4.30. The Morgan fingerprint density at radius 3 is 2.67 bits per heavy atom. The number of aliphatic hydroxyl groups is 1. The first-order chi connectivity index (χ1) is 5.85. The fraction of sp³-hybridized carbons (Fsp3) is 1.00. The summed E-state index contributed by atoms with van der Waals surface area (Å²) in [4.78, 5) is 0.103. The van der Waals surface area contributed by atoms with Gasteiger partial charge in [-0.25, -0.2) is 0 Å². The van der Waals surface area contributed by atoms with E-state index in [0.717, 1.165) is 5.75 Å². The third kappa shape index (κ3) is 1.63. The van der Waals surface area contributed by atoms with E-state index < -0.39 is 0 Å². The zero-order chi connectivity index (χ0) is 8.44. The van der Waals surface area contributed by atoms with Crippen molar-refractivity contribution >= 4 is 11.8 Å². The summed E-state index contributed by atoms with van der Waals surface area (Å²) in [5, 5.41) is 8.94. The highest BCUT2D eigenvalue weighted by atomic mass is 32.2. The smallest absolute Gasteiger partial charge is 0.114 e. The molecule has 1 atom stereocenters. The average molecular weight is 188 g/mol. The monoisotopic (exact) mass is 188 g/mol. The molecular formula is C9H16O2S. The van der Waals surface area contributed by atoms with Gasteiger partial charge in [0.2, 0.25) is 0 Å². The molecule has 0 aromatic heterocycles. The number of aliphatic hydroxyl groups excluding tert-OH is 1. The molecule has 3 heteroatoms. The molecule has 1 saturated carbocycles. The van der Waals surface area contributed by atoms with Crippen molar-refractivity contribution in [3.05, 3.63) is 0 Å². The summed E-state index contributed by atoms with van der Waals surface area (Å²) in [7, 11) is 0. The van der Waals surface area contributed by atoms with Gasteiger partial charge in [-0.05, 0) is 25.7 Å². The van der Waals surface area contributed by atoms with Crippen LogP contribution in [0.4, 0.5) is 0 Å². The van der Waals surface area contributed by atoms with E-state index in [1.54, 1.807) is 0 Å². The molecule has 0 bridgehead atoms. The summed E-state index contributed by atoms with van der Waals surface area (Å²) < 4.78 is 5.85. The summed E-state index contributed by atoms with van der Waals surface area (Å²) in [6.07, 6.45) is 6.43. The number of thioether (sulfide) groups is 1. The Balaban J connectivity index is 1.94. The molecule has 0 aromatic carbocycles. The van der Waals surface area contributed by atoms with Gasteiger partial charge in [0.05, 0.1) is 12.7 Å². The molecule has 1 aliphatic heterocycles. The minimum absolute atomic E-state index is 0.103. The first kappa shape index (κ1) is 8.85. The lowest BCUT2D eigenvalue weighted by molar-refractivity contribution is -0.0480. The van der Waals surface area contributed by atoms with Crippen molar-refractivity contribution in [2.45, 2.75) is 43.1 Å². The van der Waals surface area contributed by atoms with Gasteiger partial charge in [0.25, 0.3) is 0 Å². The molecule has 1 unspecified atom stereocenters. The predicted molar refractivity (Wildman–Crippen MR) is 50.2 cm³/mol. The van der Waals surface area contributed by atoms with E-state index in [4.69, 9.17) is 9.84 Å². The normalized spacial score (nSPS) is 34.2. The standard InChI is InChI=1S/C9H16O2S/c10-6-8-7-12-9(11-8)4-2-1-3-5-9/h8,10H,1-7H2. The Hall–Kier alpha value is 0.270. The van der Waals surface area contributed by atoms with Crippen LogP contribution in [0.5, 0.6) is 0 Å². The molecule has 1 saturated heterocycles. The molecule has 0 aromatic rings. The molecule has 1 aliphatic carbocycles. The zero-order valence-corrected chi connectivity index (χ0v) is 8.11. The molecule has 12 heavy (non-hydrogen) atoms. The number of hydrogen-bond donors (Lipinski definition) is 1. The minimum atomic E-state index is 0.103. The van der Waals surface area contributed by atoms with Crippen molar-refractivity contribution in [2.24, 2.45) is 0 Å². The Morgan fingerprint density at radius 2 is 2.08 bits per heavy atom. The van der Waals surface area contributed by atoms with Gasteiger partial charge in [0.15, 0.2) is 0 Å². The van der Waals surface area contributed by atoms with Crippen LogP contribution in [-0.2, 0) is 4.74 Å². The molecule has 2 rings (SSSR count). The van der Waals surface area contributed by atoms with E-state index in [1.807, 2.05) is 11.8 Å². The van der Waals surface area contributed by atoms with Crippen LogP contribution in [0.25, 0.3) is 0 Å². The molecule has 1 N–H and O–H groups in total. The summed E-state index contributed by atoms with van der Waals surface area (Å²) in [6.45, 7) is 0.189. The molecular weight excluding hydrogens is 172 g/mol. The van der Waals surface area contributed by atoms with E-state index in [2.05, 4.69) is 0 Å². The van der Waals surface area contributed by atoms with Crippen LogP contribution in [-0.4, -0.2) is 28.5 Å². The van der Waals surface area contributed by atoms with Gasteiger partial charge in [-0.3, -0.25) is 0 Å². The van der Waals surface area contributed by atoms with E-state index in [-0.39, 0.29) is 17.6 Å². The van der Waals surface area contributed by atoms with Crippen molar-refractivity contribution in [1.29, 1.82) is 0 Å². The highest BCUT2D eigenvalue weighted by Crippen LogP contribution is 2.46. The van der Waals surface area contributed by atoms with E-state index >= 15 is 0 Å². The second kappa shape index (κ2) is 3.56. The van der Waals surface area contributed by atoms with Crippen LogP contribution < -0.4 is 0 Å². The maximum atomic E-state index is 8.94. The summed E-state index contributed by atoms with van der Waals surface area (Å²) in [6, 6.07) is 0. The van der Waals surface area contributed by atoms with Crippen LogP contribution in [0.2, 0.25) is 0 Å². The van der Waals surface area contributed by atoms with Crippen molar-refractivity contribution < 1.29 is 9.84 Å². The van der Waals surface area contributed by atoms with Crippen LogP contribution in [0.15, 0.2) is 0 Å². The van der Waals surface area contributed by atoms with Crippen molar-refractivity contribution in [1.82, 2.24) is 0 Å². The van der Waals surface area contributed by atoms with Gasteiger partial charge in [-0.15, -0.1) is 11.8 Å². The van der Waals surface area contributed by atoms with Crippen LogP contribution in [0.3, 0.4) is 0 Å². The molecule has 70 valence electrons. The van der Waals surface area contributed by atoms with Crippen molar-refractivity contribution in [3.8, 4) is 0 Å². The second-order valence-electron chi connectivity index (χ2n) is 3.70.